The molecule has 0 radical (unpaired) electrons. The average molecular weight is 306 g/mol. The van der Waals surface area contributed by atoms with Gasteiger partial charge in [-0.15, -0.1) is 11.3 Å². The maximum absolute atomic E-state index is 12.0. The number of thiophene rings is 1. The Morgan fingerprint density at radius 2 is 2.00 bits per heavy atom. The summed E-state index contributed by atoms with van der Waals surface area (Å²) in [5.41, 5.74) is 5.03. The van der Waals surface area contributed by atoms with E-state index in [1.807, 2.05) is 0 Å². The molecule has 0 saturated heterocycles. The highest BCUT2D eigenvalue weighted by Crippen LogP contribution is 2.19. The number of rotatable bonds is 6. The highest BCUT2D eigenvalue weighted by atomic mass is 32.2. The third-order valence-corrected chi connectivity index (χ3v) is 4.86. The fraction of sp³-hybridized carbons (Fsp3) is 0.400. The van der Waals surface area contributed by atoms with Gasteiger partial charge in [0.2, 0.25) is 10.0 Å². The number of carboxylic acid groups (broad SMARTS) is 1. The molecule has 1 aromatic rings. The molecule has 0 aliphatic rings. The van der Waals surface area contributed by atoms with Crippen LogP contribution in [-0.2, 0) is 14.8 Å². The first-order valence-electron chi connectivity index (χ1n) is 5.28. The highest BCUT2D eigenvalue weighted by molar-refractivity contribution is 7.89. The lowest BCUT2D eigenvalue weighted by Gasteiger charge is -2.17. The van der Waals surface area contributed by atoms with Crippen LogP contribution >= 0.6 is 11.3 Å². The van der Waals surface area contributed by atoms with Crippen molar-refractivity contribution in [3.8, 4) is 0 Å². The van der Waals surface area contributed by atoms with Crippen LogP contribution in [0.15, 0.2) is 16.3 Å². The van der Waals surface area contributed by atoms with Gasteiger partial charge in [0.05, 0.1) is 9.77 Å². The number of nitrogens with one attached hydrogen (secondary N) is 1. The van der Waals surface area contributed by atoms with Crippen molar-refractivity contribution in [2.45, 2.75) is 24.8 Å². The molecule has 106 valence electrons. The second-order valence-corrected chi connectivity index (χ2v) is 6.82. The summed E-state index contributed by atoms with van der Waals surface area (Å²) in [7, 11) is -3.99. The number of nitrogens with two attached hydrogens (primary N) is 1. The van der Waals surface area contributed by atoms with E-state index < -0.39 is 33.9 Å². The number of hydrogen-bond donors (Lipinski definition) is 3. The summed E-state index contributed by atoms with van der Waals surface area (Å²) < 4.78 is 26.0. The molecule has 0 aromatic carbocycles. The van der Waals surface area contributed by atoms with Crippen molar-refractivity contribution in [1.29, 1.82) is 0 Å². The van der Waals surface area contributed by atoms with Crippen molar-refractivity contribution in [1.82, 2.24) is 4.72 Å². The van der Waals surface area contributed by atoms with Gasteiger partial charge in [0, 0.05) is 5.38 Å². The van der Waals surface area contributed by atoms with Crippen LogP contribution in [0.2, 0.25) is 0 Å². The van der Waals surface area contributed by atoms with Crippen molar-refractivity contribution >= 4 is 33.2 Å². The summed E-state index contributed by atoms with van der Waals surface area (Å²) in [6, 6.07) is -0.115. The van der Waals surface area contributed by atoms with Crippen LogP contribution in [0.5, 0.6) is 0 Å². The Hall–Kier alpha value is -1.45. The third kappa shape index (κ3) is 3.75. The Morgan fingerprint density at radius 1 is 1.42 bits per heavy atom. The maximum atomic E-state index is 12.0. The number of sulfonamides is 1. The maximum Gasteiger partial charge on any atom is 0.322 e. The zero-order chi connectivity index (χ0) is 14.8. The molecule has 0 bridgehead atoms. The quantitative estimate of drug-likeness (QED) is 0.693. The summed E-state index contributed by atoms with van der Waals surface area (Å²) in [4.78, 5) is 21.8. The third-order valence-electron chi connectivity index (χ3n) is 2.34. The van der Waals surface area contributed by atoms with Crippen LogP contribution in [0.25, 0.3) is 0 Å². The molecule has 9 heteroatoms. The highest BCUT2D eigenvalue weighted by Gasteiger charge is 2.28. The molecule has 0 fully saturated rings. The predicted molar refractivity (Wildman–Crippen MR) is 69.4 cm³/mol. The first kappa shape index (κ1) is 15.6. The van der Waals surface area contributed by atoms with Crippen molar-refractivity contribution < 1.29 is 23.1 Å². The van der Waals surface area contributed by atoms with E-state index >= 15 is 0 Å². The standard InChI is InChI=1S/C10H14N2O5S2/c1-5(2)8(10(14)15)12-19(16,17)6-3-7(9(11)13)18-4-6/h3-5,8,12H,1-2H3,(H2,11,13)(H,14,15)/t8-/m1/s1. The lowest BCUT2D eigenvalue weighted by Crippen LogP contribution is -2.44. The Bertz CT molecular complexity index is 591. The first-order valence-corrected chi connectivity index (χ1v) is 7.65. The van der Waals surface area contributed by atoms with E-state index in [0.717, 1.165) is 17.4 Å². The monoisotopic (exact) mass is 306 g/mol. The van der Waals surface area contributed by atoms with Gasteiger partial charge >= 0.3 is 5.97 Å². The lowest BCUT2D eigenvalue weighted by molar-refractivity contribution is -0.140. The van der Waals surface area contributed by atoms with Gasteiger partial charge in [0.25, 0.3) is 5.91 Å². The summed E-state index contributed by atoms with van der Waals surface area (Å²) in [6.45, 7) is 3.17. The van der Waals surface area contributed by atoms with E-state index in [-0.39, 0.29) is 9.77 Å². The summed E-state index contributed by atoms with van der Waals surface area (Å²) >= 11 is 0.887. The number of carbonyl (C=O) groups excluding carboxylic acids is 1. The summed E-state index contributed by atoms with van der Waals surface area (Å²) in [5, 5.41) is 10.2. The minimum Gasteiger partial charge on any atom is -0.480 e. The molecule has 19 heavy (non-hydrogen) atoms. The Morgan fingerprint density at radius 3 is 2.37 bits per heavy atom. The fourth-order valence-electron chi connectivity index (χ4n) is 1.30. The van der Waals surface area contributed by atoms with Crippen molar-refractivity contribution in [3.05, 3.63) is 16.3 Å². The first-order chi connectivity index (χ1) is 8.65. The van der Waals surface area contributed by atoms with E-state index in [0.29, 0.717) is 0 Å². The zero-order valence-corrected chi connectivity index (χ0v) is 11.9. The van der Waals surface area contributed by atoms with E-state index in [1.165, 1.54) is 5.38 Å². The minimum atomic E-state index is -3.99. The van der Waals surface area contributed by atoms with Crippen LogP contribution in [0, 0.1) is 5.92 Å². The number of amides is 1. The molecule has 0 spiro atoms. The van der Waals surface area contributed by atoms with E-state index in [2.05, 4.69) is 4.72 Å². The molecule has 4 N–H and O–H groups in total. The van der Waals surface area contributed by atoms with Crippen molar-refractivity contribution in [3.63, 3.8) is 0 Å². The van der Waals surface area contributed by atoms with Crippen LogP contribution < -0.4 is 10.5 Å². The molecule has 0 saturated carbocycles. The van der Waals surface area contributed by atoms with Gasteiger partial charge in [-0.1, -0.05) is 13.8 Å². The van der Waals surface area contributed by atoms with E-state index in [9.17, 15) is 18.0 Å². The molecule has 1 aromatic heterocycles. The van der Waals surface area contributed by atoms with Gasteiger partial charge in [-0.2, -0.15) is 4.72 Å². The molecular formula is C10H14N2O5S2. The number of primary amides is 1. The van der Waals surface area contributed by atoms with Crippen LogP contribution in [0.3, 0.4) is 0 Å². The molecule has 1 rings (SSSR count). The number of carbonyl (C=O) groups is 2. The smallest absolute Gasteiger partial charge is 0.322 e. The summed E-state index contributed by atoms with van der Waals surface area (Å²) in [5.74, 6) is -2.41. The van der Waals surface area contributed by atoms with Gasteiger partial charge in [-0.05, 0) is 12.0 Å². The van der Waals surface area contributed by atoms with Crippen LogP contribution in [0.4, 0.5) is 0 Å². The van der Waals surface area contributed by atoms with Crippen molar-refractivity contribution in [2.75, 3.05) is 0 Å². The molecule has 1 amide bonds. The Labute approximate surface area is 114 Å². The second-order valence-electron chi connectivity index (χ2n) is 4.19. The van der Waals surface area contributed by atoms with Gasteiger partial charge < -0.3 is 10.8 Å². The molecule has 7 nitrogen and oxygen atoms in total. The molecule has 0 aliphatic carbocycles. The topological polar surface area (TPSA) is 127 Å². The summed E-state index contributed by atoms with van der Waals surface area (Å²) in [6.07, 6.45) is 0. The Kier molecular flexibility index (Phi) is 4.66. The average Bonchev–Trinajstić information content (AvgIpc) is 2.75. The largest absolute Gasteiger partial charge is 0.480 e. The second kappa shape index (κ2) is 5.68. The Balaban J connectivity index is 3.03. The van der Waals surface area contributed by atoms with Gasteiger partial charge in [-0.25, -0.2) is 8.42 Å². The molecule has 1 heterocycles. The van der Waals surface area contributed by atoms with Crippen molar-refractivity contribution in [2.24, 2.45) is 11.7 Å². The van der Waals surface area contributed by atoms with Crippen LogP contribution in [0.1, 0.15) is 23.5 Å². The number of carboxylic acids is 1. The molecule has 1 atom stereocenters. The molecule has 0 aliphatic heterocycles. The lowest BCUT2D eigenvalue weighted by atomic mass is 10.1. The number of aliphatic carboxylic acids is 1. The number of hydrogen-bond acceptors (Lipinski definition) is 5. The molecule has 0 unspecified atom stereocenters. The SMILES string of the molecule is CC(C)[C@@H](NS(=O)(=O)c1csc(C(N)=O)c1)C(=O)O. The fourth-order valence-corrected chi connectivity index (χ4v) is 3.76. The van der Waals surface area contributed by atoms with E-state index in [4.69, 9.17) is 10.8 Å². The normalized spacial score (nSPS) is 13.4. The van der Waals surface area contributed by atoms with Gasteiger partial charge in [0.1, 0.15) is 6.04 Å². The predicted octanol–water partition coefficient (Wildman–Crippen LogP) is 0.234. The van der Waals surface area contributed by atoms with Gasteiger partial charge in [-0.3, -0.25) is 9.59 Å². The zero-order valence-electron chi connectivity index (χ0n) is 10.3. The molecular weight excluding hydrogens is 292 g/mol. The van der Waals surface area contributed by atoms with Gasteiger partial charge in [0.15, 0.2) is 0 Å². The van der Waals surface area contributed by atoms with Crippen LogP contribution in [-0.4, -0.2) is 31.4 Å². The van der Waals surface area contributed by atoms with E-state index in [1.54, 1.807) is 13.8 Å². The minimum absolute atomic E-state index is 0.0943.